The predicted octanol–water partition coefficient (Wildman–Crippen LogP) is 5.10. The van der Waals surface area contributed by atoms with E-state index in [0.717, 1.165) is 25.0 Å². The number of nitrogens with one attached hydrogen (secondary N) is 1. The van der Waals surface area contributed by atoms with Crippen molar-refractivity contribution in [2.75, 3.05) is 0 Å². The summed E-state index contributed by atoms with van der Waals surface area (Å²) < 4.78 is 29.0. The van der Waals surface area contributed by atoms with Crippen LogP contribution < -0.4 is 0 Å². The molecule has 2 aromatic rings. The van der Waals surface area contributed by atoms with Crippen LogP contribution >= 0.6 is 11.3 Å². The van der Waals surface area contributed by atoms with Gasteiger partial charge in [-0.15, -0.1) is 11.3 Å². The second kappa shape index (κ2) is 13.5. The maximum atomic E-state index is 11.3. The van der Waals surface area contributed by atoms with E-state index in [4.69, 9.17) is 5.11 Å². The number of hydrogen-bond acceptors (Lipinski definition) is 5. The lowest BCUT2D eigenvalue weighted by molar-refractivity contribution is -0.148. The number of allylic oxidation sites excluding steroid dienone is 2. The van der Waals surface area contributed by atoms with Gasteiger partial charge in [-0.2, -0.15) is 28.6 Å². The van der Waals surface area contributed by atoms with Crippen molar-refractivity contribution < 1.29 is 33.0 Å². The van der Waals surface area contributed by atoms with Gasteiger partial charge in [-0.3, -0.25) is 4.79 Å². The van der Waals surface area contributed by atoms with Crippen molar-refractivity contribution >= 4 is 23.3 Å². The third-order valence-corrected chi connectivity index (χ3v) is 5.65. The van der Waals surface area contributed by atoms with Gasteiger partial charge in [0.15, 0.2) is 0 Å². The first-order chi connectivity index (χ1) is 15.1. The van der Waals surface area contributed by atoms with Crippen LogP contribution in [0.4, 0.5) is 13.2 Å². The molecule has 0 bridgehead atoms. The summed E-state index contributed by atoms with van der Waals surface area (Å²) in [6, 6.07) is 4.14. The number of carbonyl (C=O) groups is 2. The van der Waals surface area contributed by atoms with Crippen LogP contribution in [-0.4, -0.2) is 44.2 Å². The number of aromatic amines is 1. The van der Waals surface area contributed by atoms with Crippen LogP contribution in [0.5, 0.6) is 0 Å². The van der Waals surface area contributed by atoms with Gasteiger partial charge in [-0.1, -0.05) is 44.1 Å². The average Bonchev–Trinajstić information content (AvgIpc) is 3.41. The van der Waals surface area contributed by atoms with E-state index in [0.29, 0.717) is 6.42 Å². The molecule has 0 saturated heterocycles. The van der Waals surface area contributed by atoms with Crippen LogP contribution in [0.1, 0.15) is 43.7 Å². The van der Waals surface area contributed by atoms with Gasteiger partial charge in [0.25, 0.3) is 0 Å². The number of aliphatic carboxylic acids is 2. The van der Waals surface area contributed by atoms with Crippen molar-refractivity contribution in [3.05, 3.63) is 58.1 Å². The standard InChI is InChI=1S/C13H18O4.C7H7N3S.CHF3/c1-3-4-7-10-9(11(14)15)6-5-8-13(10,2)12(16)17;1-2-7(11-3-1)4-6-5-8-10-9-6;2-1(3)4/h5-6,8,10H,3-4,7H2,1-2H3,(H,14,15)(H,16,17);1-3,5H,4H2,(H,8,9,10);1H. The van der Waals surface area contributed by atoms with Gasteiger partial charge < -0.3 is 10.2 Å². The molecule has 2 heterocycles. The van der Waals surface area contributed by atoms with Gasteiger partial charge in [0.1, 0.15) is 0 Å². The van der Waals surface area contributed by atoms with Gasteiger partial charge >= 0.3 is 18.6 Å². The summed E-state index contributed by atoms with van der Waals surface area (Å²) in [5.41, 5.74) is 0.0794. The summed E-state index contributed by atoms with van der Waals surface area (Å²) in [6.07, 6.45) is 9.58. The van der Waals surface area contributed by atoms with Crippen LogP contribution in [0.3, 0.4) is 0 Å². The van der Waals surface area contributed by atoms with Crippen molar-refractivity contribution in [2.45, 2.75) is 46.2 Å². The highest BCUT2D eigenvalue weighted by atomic mass is 32.1. The Labute approximate surface area is 187 Å². The van der Waals surface area contributed by atoms with Gasteiger partial charge in [0.05, 0.1) is 17.3 Å². The number of nitrogens with zero attached hydrogens (tertiary/aromatic N) is 2. The molecule has 2 atom stereocenters. The maximum Gasteiger partial charge on any atom is 0.379 e. The lowest BCUT2D eigenvalue weighted by Crippen LogP contribution is -2.38. The van der Waals surface area contributed by atoms with E-state index in [2.05, 4.69) is 26.9 Å². The highest BCUT2D eigenvalue weighted by Crippen LogP contribution is 2.41. The smallest absolute Gasteiger partial charge is 0.379 e. The summed E-state index contributed by atoms with van der Waals surface area (Å²) in [5, 5.41) is 30.8. The SMILES string of the molecule is CCCCC1C(C(=O)O)=CC=CC1(C)C(=O)O.FC(F)F.c1csc(Cc2cn[nH]n2)c1. The molecule has 3 N–H and O–H groups in total. The summed E-state index contributed by atoms with van der Waals surface area (Å²) in [6.45, 7) is -0.0803. The number of halogens is 3. The average molecular weight is 474 g/mol. The first kappa shape index (κ1) is 27.1. The van der Waals surface area contributed by atoms with Crippen LogP contribution in [-0.2, 0) is 16.0 Å². The number of aromatic nitrogens is 3. The van der Waals surface area contributed by atoms with Gasteiger partial charge in [0, 0.05) is 22.8 Å². The Kier molecular flexibility index (Phi) is 11.4. The molecule has 11 heteroatoms. The molecular formula is C21H26F3N3O4S. The number of hydrogen-bond donors (Lipinski definition) is 3. The molecule has 0 saturated carbocycles. The minimum Gasteiger partial charge on any atom is -0.481 e. The molecule has 2 aromatic heterocycles. The molecule has 0 fully saturated rings. The van der Waals surface area contributed by atoms with Crippen molar-refractivity contribution in [2.24, 2.45) is 11.3 Å². The lowest BCUT2D eigenvalue weighted by Gasteiger charge is -2.34. The molecule has 7 nitrogen and oxygen atoms in total. The highest BCUT2D eigenvalue weighted by Gasteiger charge is 2.43. The molecule has 0 amide bonds. The quantitative estimate of drug-likeness (QED) is 0.515. The summed E-state index contributed by atoms with van der Waals surface area (Å²) in [5.74, 6) is -2.45. The second-order valence-electron chi connectivity index (χ2n) is 7.03. The zero-order valence-corrected chi connectivity index (χ0v) is 18.5. The van der Waals surface area contributed by atoms with E-state index in [-0.39, 0.29) is 5.57 Å². The van der Waals surface area contributed by atoms with Crippen molar-refractivity contribution in [1.82, 2.24) is 15.4 Å². The number of unbranched alkanes of at least 4 members (excludes halogenated alkanes) is 1. The third kappa shape index (κ3) is 8.66. The van der Waals surface area contributed by atoms with Crippen molar-refractivity contribution in [3.63, 3.8) is 0 Å². The number of rotatable bonds is 7. The Morgan fingerprint density at radius 3 is 2.47 bits per heavy atom. The Balaban J connectivity index is 0.000000290. The normalized spacial score (nSPS) is 19.3. The fraction of sp³-hybridized carbons (Fsp3) is 0.429. The number of alkyl halides is 3. The Bertz CT molecular complexity index is 851. The Morgan fingerprint density at radius 2 is 2.00 bits per heavy atom. The molecular weight excluding hydrogens is 447 g/mol. The highest BCUT2D eigenvalue weighted by molar-refractivity contribution is 7.09. The number of carboxylic acids is 2. The fourth-order valence-corrected chi connectivity index (χ4v) is 3.83. The molecule has 32 heavy (non-hydrogen) atoms. The molecule has 0 radical (unpaired) electrons. The minimum atomic E-state index is -3.67. The van der Waals surface area contributed by atoms with E-state index in [1.165, 1.54) is 17.0 Å². The first-order valence-electron chi connectivity index (χ1n) is 9.77. The van der Waals surface area contributed by atoms with Crippen LogP contribution in [0.15, 0.2) is 47.5 Å². The zero-order chi connectivity index (χ0) is 24.1. The fourth-order valence-electron chi connectivity index (χ4n) is 3.11. The van der Waals surface area contributed by atoms with Crippen LogP contribution in [0.2, 0.25) is 0 Å². The number of H-pyrrole nitrogens is 1. The van der Waals surface area contributed by atoms with E-state index in [1.54, 1.807) is 30.5 Å². The van der Waals surface area contributed by atoms with Gasteiger partial charge in [0.2, 0.25) is 0 Å². The molecule has 0 aromatic carbocycles. The molecule has 3 rings (SSSR count). The monoisotopic (exact) mass is 473 g/mol. The molecule has 0 spiro atoms. The zero-order valence-electron chi connectivity index (χ0n) is 17.7. The molecule has 0 aliphatic heterocycles. The molecule has 1 aliphatic carbocycles. The minimum absolute atomic E-state index is 0.200. The Hall–Kier alpha value is -2.95. The van der Waals surface area contributed by atoms with Crippen LogP contribution in [0, 0.1) is 11.3 Å². The van der Waals surface area contributed by atoms with Crippen molar-refractivity contribution in [3.8, 4) is 0 Å². The summed E-state index contributed by atoms with van der Waals surface area (Å²) in [4.78, 5) is 23.8. The third-order valence-electron chi connectivity index (χ3n) is 4.77. The maximum absolute atomic E-state index is 11.3. The topological polar surface area (TPSA) is 116 Å². The van der Waals surface area contributed by atoms with Crippen molar-refractivity contribution in [1.29, 1.82) is 0 Å². The summed E-state index contributed by atoms with van der Waals surface area (Å²) in [7, 11) is 0. The molecule has 1 aliphatic rings. The van der Waals surface area contributed by atoms with Gasteiger partial charge in [-0.25, -0.2) is 4.79 Å². The molecule has 2 unspecified atom stereocenters. The van der Waals surface area contributed by atoms with Crippen LogP contribution in [0.25, 0.3) is 0 Å². The van der Waals surface area contributed by atoms with Gasteiger partial charge in [-0.05, 0) is 24.8 Å². The second-order valence-corrected chi connectivity index (χ2v) is 8.07. The molecule has 176 valence electrons. The van der Waals surface area contributed by atoms with E-state index in [1.807, 2.05) is 13.0 Å². The van der Waals surface area contributed by atoms with E-state index >= 15 is 0 Å². The number of carboxylic acid groups (broad SMARTS) is 2. The predicted molar refractivity (Wildman–Crippen MR) is 114 cm³/mol. The number of thiophene rings is 1. The lowest BCUT2D eigenvalue weighted by atomic mass is 9.68. The van der Waals surface area contributed by atoms with E-state index < -0.39 is 30.0 Å². The first-order valence-corrected chi connectivity index (χ1v) is 10.6. The summed E-state index contributed by atoms with van der Waals surface area (Å²) >= 11 is 1.74. The largest absolute Gasteiger partial charge is 0.481 e. The van der Waals surface area contributed by atoms with E-state index in [9.17, 15) is 27.9 Å². The Morgan fingerprint density at radius 1 is 1.31 bits per heavy atom.